The number of amides is 1. The van der Waals surface area contributed by atoms with Crippen molar-refractivity contribution in [2.24, 2.45) is 5.41 Å². The molecule has 1 aliphatic heterocycles. The van der Waals surface area contributed by atoms with Gasteiger partial charge in [0.25, 0.3) is 0 Å². The van der Waals surface area contributed by atoms with Crippen molar-refractivity contribution in [1.29, 1.82) is 0 Å². The number of ether oxygens (including phenoxy) is 1. The van der Waals surface area contributed by atoms with Crippen molar-refractivity contribution in [2.45, 2.75) is 39.7 Å². The van der Waals surface area contributed by atoms with E-state index in [1.54, 1.807) is 6.92 Å². The molecule has 1 aromatic rings. The topological polar surface area (TPSA) is 80.3 Å². The third-order valence-corrected chi connectivity index (χ3v) is 5.06. The van der Waals surface area contributed by atoms with Gasteiger partial charge in [0, 0.05) is 12.0 Å². The van der Waals surface area contributed by atoms with E-state index >= 15 is 0 Å². The fraction of sp³-hybridized carbons (Fsp3) is 0.643. The molecule has 0 aromatic carbocycles. The standard InChI is InChI=1S/C14H21N3O3S/c1-4-14(5-2)8-16-11(18)10(14)17-13-15-7-9(21-13)12(19)20-6-3/h7,10H,4-6,8H2,1-3H3,(H,15,17)(H,16,18). The number of anilines is 1. The van der Waals surface area contributed by atoms with Crippen molar-refractivity contribution < 1.29 is 14.3 Å². The first-order valence-corrected chi connectivity index (χ1v) is 8.05. The number of carbonyl (C=O) groups is 2. The van der Waals surface area contributed by atoms with Crippen LogP contribution < -0.4 is 10.6 Å². The van der Waals surface area contributed by atoms with E-state index in [1.165, 1.54) is 17.5 Å². The predicted molar refractivity (Wildman–Crippen MR) is 81.5 cm³/mol. The molecule has 116 valence electrons. The first-order chi connectivity index (χ1) is 10.1. The van der Waals surface area contributed by atoms with Crippen LogP contribution in [0.2, 0.25) is 0 Å². The summed E-state index contributed by atoms with van der Waals surface area (Å²) in [5.74, 6) is -0.386. The lowest BCUT2D eigenvalue weighted by atomic mass is 9.78. The van der Waals surface area contributed by atoms with Crippen LogP contribution in [0.3, 0.4) is 0 Å². The van der Waals surface area contributed by atoms with Gasteiger partial charge in [-0.2, -0.15) is 0 Å². The lowest BCUT2D eigenvalue weighted by molar-refractivity contribution is -0.120. The van der Waals surface area contributed by atoms with E-state index in [0.29, 0.717) is 23.2 Å². The first-order valence-electron chi connectivity index (χ1n) is 7.23. The van der Waals surface area contributed by atoms with E-state index in [1.807, 2.05) is 0 Å². The molecule has 0 spiro atoms. The molecule has 6 nitrogen and oxygen atoms in total. The van der Waals surface area contributed by atoms with Gasteiger partial charge in [0.1, 0.15) is 10.9 Å². The number of hydrogen-bond donors (Lipinski definition) is 2. The zero-order valence-corrected chi connectivity index (χ0v) is 13.4. The number of nitrogens with one attached hydrogen (secondary N) is 2. The summed E-state index contributed by atoms with van der Waals surface area (Å²) in [4.78, 5) is 28.3. The van der Waals surface area contributed by atoms with E-state index in [2.05, 4.69) is 29.5 Å². The zero-order valence-electron chi connectivity index (χ0n) is 12.6. The van der Waals surface area contributed by atoms with E-state index in [0.717, 1.165) is 12.8 Å². The molecule has 2 heterocycles. The Morgan fingerprint density at radius 2 is 2.24 bits per heavy atom. The Morgan fingerprint density at radius 3 is 2.86 bits per heavy atom. The number of nitrogens with zero attached hydrogens (tertiary/aromatic N) is 1. The summed E-state index contributed by atoms with van der Waals surface area (Å²) >= 11 is 1.21. The second kappa shape index (κ2) is 6.43. The molecule has 1 fully saturated rings. The minimum atomic E-state index is -0.379. The largest absolute Gasteiger partial charge is 0.462 e. The quantitative estimate of drug-likeness (QED) is 0.786. The molecule has 1 aromatic heterocycles. The van der Waals surface area contributed by atoms with Crippen LogP contribution in [0.25, 0.3) is 0 Å². The number of hydrogen-bond acceptors (Lipinski definition) is 6. The zero-order chi connectivity index (χ0) is 15.5. The third-order valence-electron chi connectivity index (χ3n) is 4.15. The van der Waals surface area contributed by atoms with Gasteiger partial charge in [-0.15, -0.1) is 0 Å². The highest BCUT2D eigenvalue weighted by Crippen LogP contribution is 2.36. The fourth-order valence-corrected chi connectivity index (χ4v) is 3.37. The predicted octanol–water partition coefficient (Wildman–Crippen LogP) is 2.04. The molecule has 0 aliphatic carbocycles. The number of thiazole rings is 1. The smallest absolute Gasteiger partial charge is 0.350 e. The Morgan fingerprint density at radius 1 is 1.52 bits per heavy atom. The molecule has 1 saturated heterocycles. The highest BCUT2D eigenvalue weighted by atomic mass is 32.1. The molecule has 1 aliphatic rings. The van der Waals surface area contributed by atoms with Crippen LogP contribution in [0, 0.1) is 5.41 Å². The van der Waals surface area contributed by atoms with Gasteiger partial charge in [-0.1, -0.05) is 25.2 Å². The summed E-state index contributed by atoms with van der Waals surface area (Å²) < 4.78 is 4.94. The maximum absolute atomic E-state index is 12.1. The van der Waals surface area contributed by atoms with Crippen molar-refractivity contribution in [3.8, 4) is 0 Å². The lowest BCUT2D eigenvalue weighted by Gasteiger charge is -2.31. The van der Waals surface area contributed by atoms with Crippen LogP contribution in [0.1, 0.15) is 43.3 Å². The second-order valence-electron chi connectivity index (χ2n) is 5.11. The van der Waals surface area contributed by atoms with Gasteiger partial charge in [0.2, 0.25) is 5.91 Å². The van der Waals surface area contributed by atoms with Gasteiger partial charge in [-0.05, 0) is 19.8 Å². The van der Waals surface area contributed by atoms with E-state index in [-0.39, 0.29) is 23.3 Å². The highest BCUT2D eigenvalue weighted by Gasteiger charge is 2.46. The summed E-state index contributed by atoms with van der Waals surface area (Å²) in [6.07, 6.45) is 3.28. The normalized spacial score (nSPS) is 20.1. The van der Waals surface area contributed by atoms with Crippen molar-refractivity contribution in [2.75, 3.05) is 18.5 Å². The van der Waals surface area contributed by atoms with Gasteiger partial charge < -0.3 is 15.4 Å². The Bertz CT molecular complexity index is 525. The maximum Gasteiger partial charge on any atom is 0.350 e. The SMILES string of the molecule is CCOC(=O)c1cnc(NC2C(=O)NCC2(CC)CC)s1. The molecule has 2 rings (SSSR count). The van der Waals surface area contributed by atoms with Crippen molar-refractivity contribution in [3.05, 3.63) is 11.1 Å². The minimum absolute atomic E-state index is 0.00779. The van der Waals surface area contributed by atoms with Crippen molar-refractivity contribution >= 4 is 28.3 Å². The van der Waals surface area contributed by atoms with Crippen molar-refractivity contribution in [3.63, 3.8) is 0 Å². The van der Waals surface area contributed by atoms with Crippen LogP contribution in [-0.4, -0.2) is 36.1 Å². The fourth-order valence-electron chi connectivity index (χ4n) is 2.63. The number of rotatable bonds is 6. The van der Waals surface area contributed by atoms with E-state index in [9.17, 15) is 9.59 Å². The molecule has 1 unspecified atom stereocenters. The van der Waals surface area contributed by atoms with Crippen LogP contribution in [0.4, 0.5) is 5.13 Å². The van der Waals surface area contributed by atoms with Gasteiger partial charge in [-0.3, -0.25) is 4.79 Å². The van der Waals surface area contributed by atoms with E-state index < -0.39 is 0 Å². The van der Waals surface area contributed by atoms with Gasteiger partial charge >= 0.3 is 5.97 Å². The number of carbonyl (C=O) groups excluding carboxylic acids is 2. The Kier molecular flexibility index (Phi) is 4.82. The molecule has 7 heteroatoms. The molecule has 21 heavy (non-hydrogen) atoms. The summed E-state index contributed by atoms with van der Waals surface area (Å²) in [5.41, 5.74) is -0.104. The Labute approximate surface area is 128 Å². The molecule has 0 bridgehead atoms. The summed E-state index contributed by atoms with van der Waals surface area (Å²) in [5, 5.41) is 6.68. The molecule has 1 amide bonds. The van der Waals surface area contributed by atoms with Crippen LogP contribution in [0.5, 0.6) is 0 Å². The monoisotopic (exact) mass is 311 g/mol. The lowest BCUT2D eigenvalue weighted by Crippen LogP contribution is -2.41. The minimum Gasteiger partial charge on any atom is -0.462 e. The average Bonchev–Trinajstić information content (AvgIpc) is 3.07. The molecule has 0 radical (unpaired) electrons. The Hall–Kier alpha value is -1.63. The molecular weight excluding hydrogens is 290 g/mol. The molecule has 2 N–H and O–H groups in total. The Balaban J connectivity index is 2.13. The van der Waals surface area contributed by atoms with E-state index in [4.69, 9.17) is 4.74 Å². The molecule has 1 atom stereocenters. The summed E-state index contributed by atoms with van der Waals surface area (Å²) in [6, 6.07) is -0.311. The van der Waals surface area contributed by atoms with Crippen LogP contribution in [0.15, 0.2) is 6.20 Å². The summed E-state index contributed by atoms with van der Waals surface area (Å²) in [7, 11) is 0. The summed E-state index contributed by atoms with van der Waals surface area (Å²) in [6.45, 7) is 6.94. The first kappa shape index (κ1) is 15.8. The van der Waals surface area contributed by atoms with Crippen molar-refractivity contribution in [1.82, 2.24) is 10.3 Å². The molecule has 0 saturated carbocycles. The number of aromatic nitrogens is 1. The van der Waals surface area contributed by atoms with Crippen LogP contribution in [-0.2, 0) is 9.53 Å². The average molecular weight is 311 g/mol. The highest BCUT2D eigenvalue weighted by molar-refractivity contribution is 7.17. The third kappa shape index (κ3) is 3.02. The van der Waals surface area contributed by atoms with Gasteiger partial charge in [0.15, 0.2) is 5.13 Å². The second-order valence-corrected chi connectivity index (χ2v) is 6.15. The van der Waals surface area contributed by atoms with Gasteiger partial charge in [0.05, 0.1) is 12.8 Å². The maximum atomic E-state index is 12.1. The number of esters is 1. The van der Waals surface area contributed by atoms with Crippen LogP contribution >= 0.6 is 11.3 Å². The molecular formula is C14H21N3O3S. The van der Waals surface area contributed by atoms with Gasteiger partial charge in [-0.25, -0.2) is 9.78 Å².